The number of benzene rings is 1. The maximum absolute atomic E-state index is 3.46. The molecule has 1 aromatic rings. The fourth-order valence-corrected chi connectivity index (χ4v) is 1.97. The molecule has 1 N–H and O–H groups in total. The Kier molecular flexibility index (Phi) is 17.0. The molecule has 0 spiro atoms. The van der Waals surface area contributed by atoms with E-state index in [-0.39, 0.29) is 1.43 Å². The molecule has 2 heteroatoms. The Balaban J connectivity index is -0.000000332. The van der Waals surface area contributed by atoms with Crippen molar-refractivity contribution in [1.82, 2.24) is 10.2 Å². The standard InChI is InChI=1S/C11H17N.C8H19N.C2H6.H2/c1-9(2)12-10(3)11-7-5-4-6-8-11;1-5-9(4)7-6-8(2)3;1-2;/h4-10,12H,1-3H3;8H,5-7H2,1-4H3;1-2H3;1H/t10-;;;/m1.../s1. The summed E-state index contributed by atoms with van der Waals surface area (Å²) in [5, 5.41) is 3.46. The van der Waals surface area contributed by atoms with Crippen LogP contribution in [0.1, 0.15) is 74.8 Å². The lowest BCUT2D eigenvalue weighted by Crippen LogP contribution is -2.25. The van der Waals surface area contributed by atoms with Gasteiger partial charge in [-0.05, 0) is 45.0 Å². The number of hydrogen-bond donors (Lipinski definition) is 1. The van der Waals surface area contributed by atoms with Crippen molar-refractivity contribution in [3.63, 3.8) is 0 Å². The molecule has 0 radical (unpaired) electrons. The summed E-state index contributed by atoms with van der Waals surface area (Å²) >= 11 is 0. The fourth-order valence-electron chi connectivity index (χ4n) is 1.97. The van der Waals surface area contributed by atoms with Crippen molar-refractivity contribution in [2.45, 2.75) is 73.9 Å². The minimum absolute atomic E-state index is 0. The number of nitrogens with one attached hydrogen (secondary N) is 1. The molecule has 0 aromatic heterocycles. The Labute approximate surface area is 148 Å². The molecular formula is C21H44N2. The van der Waals surface area contributed by atoms with E-state index < -0.39 is 0 Å². The van der Waals surface area contributed by atoms with Crippen LogP contribution in [0.4, 0.5) is 0 Å². The van der Waals surface area contributed by atoms with E-state index in [1.165, 1.54) is 25.1 Å². The maximum atomic E-state index is 3.46. The second kappa shape index (κ2) is 16.0. The highest BCUT2D eigenvalue weighted by Gasteiger charge is 2.04. The lowest BCUT2D eigenvalue weighted by molar-refractivity contribution is 0.326. The van der Waals surface area contributed by atoms with Crippen LogP contribution in [0, 0.1) is 5.92 Å². The Bertz CT molecular complexity index is 339. The van der Waals surface area contributed by atoms with Crippen LogP contribution in [0.3, 0.4) is 0 Å². The van der Waals surface area contributed by atoms with Gasteiger partial charge in [-0.1, -0.05) is 78.8 Å². The monoisotopic (exact) mass is 324 g/mol. The minimum Gasteiger partial charge on any atom is -0.308 e. The van der Waals surface area contributed by atoms with Crippen molar-refractivity contribution in [3.05, 3.63) is 35.9 Å². The van der Waals surface area contributed by atoms with Crippen LogP contribution in [0.5, 0.6) is 0 Å². The molecule has 1 aromatic carbocycles. The Morgan fingerprint density at radius 2 is 1.52 bits per heavy atom. The van der Waals surface area contributed by atoms with Gasteiger partial charge in [-0.25, -0.2) is 0 Å². The van der Waals surface area contributed by atoms with Crippen molar-refractivity contribution in [2.24, 2.45) is 5.92 Å². The quantitative estimate of drug-likeness (QED) is 0.661. The summed E-state index contributed by atoms with van der Waals surface area (Å²) in [5.41, 5.74) is 1.35. The molecule has 0 saturated heterocycles. The summed E-state index contributed by atoms with van der Waals surface area (Å²) in [6.45, 7) is 19.7. The molecule has 0 fully saturated rings. The van der Waals surface area contributed by atoms with E-state index in [1.54, 1.807) is 0 Å². The molecule has 1 atom stereocenters. The molecule has 0 aliphatic heterocycles. The van der Waals surface area contributed by atoms with E-state index in [0.717, 1.165) is 5.92 Å². The average Bonchev–Trinajstić information content (AvgIpc) is 2.55. The van der Waals surface area contributed by atoms with Crippen molar-refractivity contribution >= 4 is 0 Å². The molecule has 2 nitrogen and oxygen atoms in total. The molecule has 0 amide bonds. The van der Waals surface area contributed by atoms with E-state index in [2.05, 4.69) is 83.1 Å². The molecule has 0 heterocycles. The van der Waals surface area contributed by atoms with Crippen LogP contribution in [0.2, 0.25) is 0 Å². The highest BCUT2D eigenvalue weighted by atomic mass is 15.1. The van der Waals surface area contributed by atoms with Crippen LogP contribution in [-0.2, 0) is 0 Å². The summed E-state index contributed by atoms with van der Waals surface area (Å²) in [6, 6.07) is 11.5. The minimum atomic E-state index is 0. The van der Waals surface area contributed by atoms with Gasteiger partial charge in [0, 0.05) is 13.5 Å². The summed E-state index contributed by atoms with van der Waals surface area (Å²) in [4.78, 5) is 2.35. The topological polar surface area (TPSA) is 15.3 Å². The molecule has 0 saturated carbocycles. The Hall–Kier alpha value is -0.860. The lowest BCUT2D eigenvalue weighted by atomic mass is 10.1. The van der Waals surface area contributed by atoms with E-state index in [4.69, 9.17) is 0 Å². The first-order valence-electron chi connectivity index (χ1n) is 9.36. The zero-order chi connectivity index (χ0) is 18.3. The predicted molar refractivity (Wildman–Crippen MR) is 109 cm³/mol. The zero-order valence-corrected chi connectivity index (χ0v) is 17.2. The van der Waals surface area contributed by atoms with Gasteiger partial charge in [-0.15, -0.1) is 0 Å². The van der Waals surface area contributed by atoms with Gasteiger partial charge in [0.2, 0.25) is 0 Å². The van der Waals surface area contributed by atoms with Crippen LogP contribution in [0.25, 0.3) is 0 Å². The van der Waals surface area contributed by atoms with Crippen LogP contribution < -0.4 is 5.32 Å². The second-order valence-corrected chi connectivity index (χ2v) is 6.53. The average molecular weight is 325 g/mol. The van der Waals surface area contributed by atoms with Crippen molar-refractivity contribution in [1.29, 1.82) is 0 Å². The molecule has 0 aliphatic rings. The van der Waals surface area contributed by atoms with Gasteiger partial charge >= 0.3 is 0 Å². The number of nitrogens with zero attached hydrogens (tertiary/aromatic N) is 1. The van der Waals surface area contributed by atoms with E-state index in [0.29, 0.717) is 12.1 Å². The van der Waals surface area contributed by atoms with Crippen molar-refractivity contribution in [2.75, 3.05) is 20.1 Å². The normalized spacial score (nSPS) is 11.7. The zero-order valence-electron chi connectivity index (χ0n) is 17.2. The first kappa shape index (κ1) is 24.4. The van der Waals surface area contributed by atoms with Crippen LogP contribution >= 0.6 is 0 Å². The van der Waals surface area contributed by atoms with E-state index in [9.17, 15) is 0 Å². The van der Waals surface area contributed by atoms with Gasteiger partial charge in [0.05, 0.1) is 0 Å². The molecule has 0 unspecified atom stereocenters. The molecule has 0 aliphatic carbocycles. The van der Waals surface area contributed by atoms with Gasteiger partial charge in [-0.2, -0.15) is 0 Å². The Morgan fingerprint density at radius 3 is 1.91 bits per heavy atom. The molecule has 23 heavy (non-hydrogen) atoms. The first-order chi connectivity index (χ1) is 10.9. The van der Waals surface area contributed by atoms with Crippen LogP contribution in [0.15, 0.2) is 30.3 Å². The fraction of sp³-hybridized carbons (Fsp3) is 0.714. The molecule has 138 valence electrons. The van der Waals surface area contributed by atoms with Gasteiger partial charge in [0.1, 0.15) is 0 Å². The Morgan fingerprint density at radius 1 is 1.00 bits per heavy atom. The van der Waals surface area contributed by atoms with Gasteiger partial charge in [0.15, 0.2) is 0 Å². The highest BCUT2D eigenvalue weighted by Crippen LogP contribution is 2.11. The summed E-state index contributed by atoms with van der Waals surface area (Å²) in [6.07, 6.45) is 1.32. The van der Waals surface area contributed by atoms with Crippen molar-refractivity contribution in [3.8, 4) is 0 Å². The lowest BCUT2D eigenvalue weighted by Gasteiger charge is -2.16. The largest absolute Gasteiger partial charge is 0.308 e. The number of hydrogen-bond acceptors (Lipinski definition) is 2. The summed E-state index contributed by atoms with van der Waals surface area (Å²) in [5.74, 6) is 0.846. The van der Waals surface area contributed by atoms with Gasteiger partial charge < -0.3 is 10.2 Å². The smallest absolute Gasteiger partial charge is 0.0294 e. The second-order valence-electron chi connectivity index (χ2n) is 6.53. The first-order valence-corrected chi connectivity index (χ1v) is 9.36. The van der Waals surface area contributed by atoms with Gasteiger partial charge in [-0.3, -0.25) is 0 Å². The highest BCUT2D eigenvalue weighted by molar-refractivity contribution is 5.18. The van der Waals surface area contributed by atoms with Crippen LogP contribution in [-0.4, -0.2) is 31.1 Å². The maximum Gasteiger partial charge on any atom is 0.0294 e. The van der Waals surface area contributed by atoms with Gasteiger partial charge in [0.25, 0.3) is 0 Å². The molecule has 0 bridgehead atoms. The third kappa shape index (κ3) is 15.8. The molecule has 1 rings (SSSR count). The third-order valence-corrected chi connectivity index (χ3v) is 3.51. The van der Waals surface area contributed by atoms with E-state index >= 15 is 0 Å². The van der Waals surface area contributed by atoms with Crippen molar-refractivity contribution < 1.29 is 1.43 Å². The SMILES string of the molecule is CC.CC(C)N[C@H](C)c1ccccc1.CCN(C)CCC(C)C.[HH]. The third-order valence-electron chi connectivity index (χ3n) is 3.51. The van der Waals surface area contributed by atoms with E-state index in [1.807, 2.05) is 19.9 Å². The summed E-state index contributed by atoms with van der Waals surface area (Å²) < 4.78 is 0. The predicted octanol–water partition coefficient (Wildman–Crippen LogP) is 6.00. The number of rotatable bonds is 7. The summed E-state index contributed by atoms with van der Waals surface area (Å²) in [7, 11) is 2.17. The molecular weight excluding hydrogens is 280 g/mol.